The fourth-order valence-corrected chi connectivity index (χ4v) is 2.18. The molecule has 2 rings (SSSR count). The molecule has 1 heterocycles. The number of fused-ring (bicyclic) bond motifs is 1. The van der Waals surface area contributed by atoms with E-state index in [1.54, 1.807) is 0 Å². The van der Waals surface area contributed by atoms with Crippen molar-refractivity contribution >= 4 is 0 Å². The van der Waals surface area contributed by atoms with Gasteiger partial charge in [-0.3, -0.25) is 4.90 Å². The van der Waals surface area contributed by atoms with E-state index >= 15 is 0 Å². The number of hydrogen-bond acceptors (Lipinski definition) is 3. The van der Waals surface area contributed by atoms with Gasteiger partial charge in [0.25, 0.3) is 0 Å². The highest BCUT2D eigenvalue weighted by Crippen LogP contribution is 2.23. The Morgan fingerprint density at radius 1 is 1.35 bits per heavy atom. The molecule has 0 aromatic heterocycles. The summed E-state index contributed by atoms with van der Waals surface area (Å²) >= 11 is 0. The normalized spacial score (nSPS) is 18.4. The van der Waals surface area contributed by atoms with Crippen molar-refractivity contribution in [1.29, 1.82) is 5.26 Å². The Balaban J connectivity index is 1.91. The van der Waals surface area contributed by atoms with Crippen molar-refractivity contribution in [2.24, 2.45) is 0 Å². The molecule has 1 aromatic carbocycles. The molecule has 0 bridgehead atoms. The highest BCUT2D eigenvalue weighted by molar-refractivity contribution is 5.30. The molecular formula is C14H19N3. The number of hydrogen-bond donors (Lipinski definition) is 1. The first-order valence-electron chi connectivity index (χ1n) is 6.06. The number of nitriles is 1. The van der Waals surface area contributed by atoms with Crippen LogP contribution in [0.15, 0.2) is 24.3 Å². The Hall–Kier alpha value is -1.37. The highest BCUT2D eigenvalue weighted by Gasteiger charge is 2.24. The topological polar surface area (TPSA) is 39.1 Å². The molecule has 90 valence electrons. The van der Waals surface area contributed by atoms with Crippen molar-refractivity contribution in [2.75, 3.05) is 13.6 Å². The van der Waals surface area contributed by atoms with E-state index < -0.39 is 5.54 Å². The summed E-state index contributed by atoms with van der Waals surface area (Å²) in [5.41, 5.74) is 2.45. The average Bonchev–Trinajstić information content (AvgIpc) is 2.79. The van der Waals surface area contributed by atoms with Crippen molar-refractivity contribution in [3.63, 3.8) is 0 Å². The third-order valence-corrected chi connectivity index (χ3v) is 3.63. The molecule has 0 saturated heterocycles. The standard InChI is InChI=1S/C14H19N3/c1-14(11-15,16-2)7-8-17-9-12-5-3-4-6-13(12)10-17/h3-6,16H,7-10H2,1-2H3. The lowest BCUT2D eigenvalue weighted by Crippen LogP contribution is -2.40. The summed E-state index contributed by atoms with van der Waals surface area (Å²) < 4.78 is 0. The quantitative estimate of drug-likeness (QED) is 0.857. The lowest BCUT2D eigenvalue weighted by Gasteiger charge is -2.24. The van der Waals surface area contributed by atoms with Gasteiger partial charge < -0.3 is 5.32 Å². The Kier molecular flexibility index (Phi) is 3.46. The van der Waals surface area contributed by atoms with Gasteiger partial charge in [-0.2, -0.15) is 5.26 Å². The van der Waals surface area contributed by atoms with Crippen molar-refractivity contribution in [3.8, 4) is 6.07 Å². The minimum atomic E-state index is -0.408. The Bertz CT molecular complexity index is 410. The molecule has 0 amide bonds. The first kappa shape index (κ1) is 12.1. The number of nitrogens with zero attached hydrogens (tertiary/aromatic N) is 2. The fourth-order valence-electron chi connectivity index (χ4n) is 2.18. The Morgan fingerprint density at radius 2 is 1.94 bits per heavy atom. The Morgan fingerprint density at radius 3 is 2.41 bits per heavy atom. The van der Waals surface area contributed by atoms with Gasteiger partial charge in [-0.15, -0.1) is 0 Å². The minimum Gasteiger partial charge on any atom is -0.303 e. The van der Waals surface area contributed by atoms with Crippen molar-refractivity contribution in [2.45, 2.75) is 32.0 Å². The predicted molar refractivity (Wildman–Crippen MR) is 68.3 cm³/mol. The zero-order chi connectivity index (χ0) is 12.3. The van der Waals surface area contributed by atoms with E-state index in [4.69, 9.17) is 5.26 Å². The van der Waals surface area contributed by atoms with Gasteiger partial charge in [-0.25, -0.2) is 0 Å². The van der Waals surface area contributed by atoms with Gasteiger partial charge in [0.2, 0.25) is 0 Å². The molecule has 3 nitrogen and oxygen atoms in total. The summed E-state index contributed by atoms with van der Waals surface area (Å²) in [7, 11) is 1.85. The monoisotopic (exact) mass is 229 g/mol. The lowest BCUT2D eigenvalue weighted by atomic mass is 10.0. The van der Waals surface area contributed by atoms with Gasteiger partial charge in [-0.1, -0.05) is 24.3 Å². The molecular weight excluding hydrogens is 210 g/mol. The van der Waals surface area contributed by atoms with E-state index in [1.807, 2.05) is 14.0 Å². The number of benzene rings is 1. The van der Waals surface area contributed by atoms with Crippen LogP contribution in [0.1, 0.15) is 24.5 Å². The average molecular weight is 229 g/mol. The number of rotatable bonds is 4. The summed E-state index contributed by atoms with van der Waals surface area (Å²) in [6.45, 7) is 4.94. The molecule has 0 spiro atoms. The van der Waals surface area contributed by atoms with E-state index in [2.05, 4.69) is 40.6 Å². The molecule has 1 aliphatic heterocycles. The SMILES string of the molecule is CNC(C)(C#N)CCN1Cc2ccccc2C1. The molecule has 0 saturated carbocycles. The third-order valence-electron chi connectivity index (χ3n) is 3.63. The second-order valence-electron chi connectivity index (χ2n) is 4.92. The second kappa shape index (κ2) is 4.87. The first-order chi connectivity index (χ1) is 8.17. The molecule has 17 heavy (non-hydrogen) atoms. The highest BCUT2D eigenvalue weighted by atomic mass is 15.1. The smallest absolute Gasteiger partial charge is 0.104 e. The van der Waals surface area contributed by atoms with Crippen LogP contribution in [-0.4, -0.2) is 24.0 Å². The maximum Gasteiger partial charge on any atom is 0.104 e. The van der Waals surface area contributed by atoms with E-state index in [-0.39, 0.29) is 0 Å². The largest absolute Gasteiger partial charge is 0.303 e. The van der Waals surface area contributed by atoms with Crippen molar-refractivity contribution < 1.29 is 0 Å². The molecule has 3 heteroatoms. The van der Waals surface area contributed by atoms with E-state index in [0.29, 0.717) is 0 Å². The van der Waals surface area contributed by atoms with E-state index in [1.165, 1.54) is 11.1 Å². The van der Waals surface area contributed by atoms with Crippen molar-refractivity contribution in [1.82, 2.24) is 10.2 Å². The van der Waals surface area contributed by atoms with Gasteiger partial charge >= 0.3 is 0 Å². The fraction of sp³-hybridized carbons (Fsp3) is 0.500. The molecule has 0 aliphatic carbocycles. The maximum absolute atomic E-state index is 9.10. The summed E-state index contributed by atoms with van der Waals surface area (Å²) in [6.07, 6.45) is 0.855. The van der Waals surface area contributed by atoms with Crippen LogP contribution in [0, 0.1) is 11.3 Å². The minimum absolute atomic E-state index is 0.408. The first-order valence-corrected chi connectivity index (χ1v) is 6.06. The van der Waals surface area contributed by atoms with Crippen molar-refractivity contribution in [3.05, 3.63) is 35.4 Å². The summed E-state index contributed by atoms with van der Waals surface area (Å²) in [5, 5.41) is 12.2. The van der Waals surface area contributed by atoms with Crippen LogP contribution >= 0.6 is 0 Å². The van der Waals surface area contributed by atoms with E-state index in [9.17, 15) is 0 Å². The molecule has 1 aliphatic rings. The molecule has 0 fully saturated rings. The van der Waals surface area contributed by atoms with Crippen LogP contribution in [0.25, 0.3) is 0 Å². The van der Waals surface area contributed by atoms with Gasteiger partial charge in [0.15, 0.2) is 0 Å². The summed E-state index contributed by atoms with van der Waals surface area (Å²) in [4.78, 5) is 2.40. The zero-order valence-corrected chi connectivity index (χ0v) is 10.5. The molecule has 1 atom stereocenters. The van der Waals surface area contributed by atoms with Crippen LogP contribution in [0.3, 0.4) is 0 Å². The second-order valence-corrected chi connectivity index (χ2v) is 4.92. The summed E-state index contributed by atoms with van der Waals surface area (Å²) in [5.74, 6) is 0. The summed E-state index contributed by atoms with van der Waals surface area (Å²) in [6, 6.07) is 10.9. The van der Waals surface area contributed by atoms with Crippen LogP contribution in [0.4, 0.5) is 0 Å². The molecule has 1 unspecified atom stereocenters. The Labute approximate surface area is 103 Å². The van der Waals surface area contributed by atoms with E-state index in [0.717, 1.165) is 26.1 Å². The van der Waals surface area contributed by atoms with Gasteiger partial charge in [-0.05, 0) is 31.5 Å². The van der Waals surface area contributed by atoms with Crippen LogP contribution in [-0.2, 0) is 13.1 Å². The van der Waals surface area contributed by atoms with Gasteiger partial charge in [0.1, 0.15) is 5.54 Å². The molecule has 0 radical (unpaired) electrons. The van der Waals surface area contributed by atoms with Gasteiger partial charge in [0.05, 0.1) is 6.07 Å². The lowest BCUT2D eigenvalue weighted by molar-refractivity contribution is 0.254. The van der Waals surface area contributed by atoms with Crippen LogP contribution < -0.4 is 5.32 Å². The van der Waals surface area contributed by atoms with Gasteiger partial charge in [0, 0.05) is 19.6 Å². The van der Waals surface area contributed by atoms with Crippen LogP contribution in [0.5, 0.6) is 0 Å². The molecule has 1 N–H and O–H groups in total. The predicted octanol–water partition coefficient (Wildman–Crippen LogP) is 1.89. The third kappa shape index (κ3) is 2.66. The van der Waals surface area contributed by atoms with Crippen LogP contribution in [0.2, 0.25) is 0 Å². The zero-order valence-electron chi connectivity index (χ0n) is 10.5. The number of nitrogens with one attached hydrogen (secondary N) is 1. The molecule has 1 aromatic rings. The maximum atomic E-state index is 9.10.